The molecule has 0 aliphatic rings. The lowest BCUT2D eigenvalue weighted by atomic mass is 10.0. The second-order valence-electron chi connectivity index (χ2n) is 9.60. The molecule has 0 radical (unpaired) electrons. The molecule has 0 bridgehead atoms. The first-order valence-corrected chi connectivity index (χ1v) is 14.1. The zero-order valence-corrected chi connectivity index (χ0v) is 23.7. The Balaban J connectivity index is 1.44. The molecule has 0 aliphatic carbocycles. The van der Waals surface area contributed by atoms with E-state index in [2.05, 4.69) is 93.1 Å². The summed E-state index contributed by atoms with van der Waals surface area (Å²) in [6.07, 6.45) is 11.8. The number of aromatic nitrogens is 4. The van der Waals surface area contributed by atoms with Gasteiger partial charge in [0.15, 0.2) is 0 Å². The van der Waals surface area contributed by atoms with Crippen LogP contribution >= 0.6 is 15.9 Å². The minimum Gasteiger partial charge on any atom is -0.397 e. The van der Waals surface area contributed by atoms with Crippen LogP contribution in [0, 0.1) is 0 Å². The SMILES string of the molecule is CCC/C=C\C=C(/N)c1cc(-c2ccc(-n3c4ccc(Br)cc4c4cccnc43)cc2)cc(-c2ccccn2)n1. The van der Waals surface area contributed by atoms with Crippen molar-refractivity contribution in [2.24, 2.45) is 5.73 Å². The van der Waals surface area contributed by atoms with Gasteiger partial charge in [-0.2, -0.15) is 0 Å². The first-order chi connectivity index (χ1) is 19.6. The molecule has 6 heteroatoms. The van der Waals surface area contributed by atoms with Crippen molar-refractivity contribution in [3.63, 3.8) is 0 Å². The second-order valence-corrected chi connectivity index (χ2v) is 10.5. The van der Waals surface area contributed by atoms with E-state index in [0.717, 1.165) is 73.1 Å². The van der Waals surface area contributed by atoms with Gasteiger partial charge in [-0.1, -0.05) is 59.6 Å². The zero-order valence-electron chi connectivity index (χ0n) is 22.1. The highest BCUT2D eigenvalue weighted by atomic mass is 79.9. The number of benzene rings is 2. The smallest absolute Gasteiger partial charge is 0.145 e. The van der Waals surface area contributed by atoms with Crippen LogP contribution in [-0.4, -0.2) is 19.5 Å². The number of nitrogens with two attached hydrogens (primary N) is 1. The molecule has 0 amide bonds. The van der Waals surface area contributed by atoms with E-state index >= 15 is 0 Å². The van der Waals surface area contributed by atoms with Gasteiger partial charge in [0.2, 0.25) is 0 Å². The Labute approximate surface area is 241 Å². The average molecular weight is 587 g/mol. The average Bonchev–Trinajstić information content (AvgIpc) is 3.33. The largest absolute Gasteiger partial charge is 0.397 e. The predicted octanol–water partition coefficient (Wildman–Crippen LogP) is 8.72. The molecule has 40 heavy (non-hydrogen) atoms. The summed E-state index contributed by atoms with van der Waals surface area (Å²) in [7, 11) is 0. The number of halogens is 1. The van der Waals surface area contributed by atoms with Gasteiger partial charge in [0.05, 0.1) is 28.3 Å². The van der Waals surface area contributed by atoms with Crippen LogP contribution in [0.1, 0.15) is 25.5 Å². The first-order valence-electron chi connectivity index (χ1n) is 13.3. The number of hydrogen-bond donors (Lipinski definition) is 1. The van der Waals surface area contributed by atoms with Crippen LogP contribution < -0.4 is 5.73 Å². The molecule has 2 N–H and O–H groups in total. The molecule has 196 valence electrons. The number of hydrogen-bond acceptors (Lipinski definition) is 4. The molecule has 0 spiro atoms. The zero-order chi connectivity index (χ0) is 27.5. The topological polar surface area (TPSA) is 69.6 Å². The van der Waals surface area contributed by atoms with Crippen molar-refractivity contribution in [2.45, 2.75) is 19.8 Å². The fourth-order valence-corrected chi connectivity index (χ4v) is 5.25. The van der Waals surface area contributed by atoms with Crippen molar-refractivity contribution < 1.29 is 0 Å². The van der Waals surface area contributed by atoms with E-state index in [1.165, 1.54) is 0 Å². The van der Waals surface area contributed by atoms with E-state index in [4.69, 9.17) is 15.7 Å². The lowest BCUT2D eigenvalue weighted by Crippen LogP contribution is -2.01. The van der Waals surface area contributed by atoms with E-state index in [1.54, 1.807) is 6.20 Å². The number of fused-ring (bicyclic) bond motifs is 3. The Morgan fingerprint density at radius 1 is 0.850 bits per heavy atom. The van der Waals surface area contributed by atoms with E-state index in [0.29, 0.717) is 5.70 Å². The maximum absolute atomic E-state index is 6.49. The van der Waals surface area contributed by atoms with Crippen LogP contribution in [0.4, 0.5) is 0 Å². The molecule has 0 saturated heterocycles. The third-order valence-corrected chi connectivity index (χ3v) is 7.36. The van der Waals surface area contributed by atoms with Crippen molar-refractivity contribution >= 4 is 43.6 Å². The van der Waals surface area contributed by atoms with Gasteiger partial charge in [-0.15, -0.1) is 0 Å². The molecule has 6 rings (SSSR count). The molecule has 0 saturated carbocycles. The van der Waals surface area contributed by atoms with Gasteiger partial charge in [0, 0.05) is 33.3 Å². The number of pyridine rings is 3. The van der Waals surface area contributed by atoms with Gasteiger partial charge < -0.3 is 5.73 Å². The van der Waals surface area contributed by atoms with Crippen molar-refractivity contribution in [3.05, 3.63) is 126 Å². The van der Waals surface area contributed by atoms with Gasteiger partial charge in [-0.25, -0.2) is 9.97 Å². The molecular formula is C34H28BrN5. The van der Waals surface area contributed by atoms with E-state index in [-0.39, 0.29) is 0 Å². The van der Waals surface area contributed by atoms with Crippen LogP contribution in [-0.2, 0) is 0 Å². The molecule has 4 heterocycles. The van der Waals surface area contributed by atoms with Gasteiger partial charge >= 0.3 is 0 Å². The normalized spacial score (nSPS) is 12.1. The summed E-state index contributed by atoms with van der Waals surface area (Å²) in [5.41, 5.74) is 14.6. The van der Waals surface area contributed by atoms with Crippen molar-refractivity contribution in [1.82, 2.24) is 19.5 Å². The van der Waals surface area contributed by atoms with Crippen molar-refractivity contribution in [2.75, 3.05) is 0 Å². The maximum Gasteiger partial charge on any atom is 0.145 e. The summed E-state index contributed by atoms with van der Waals surface area (Å²) in [6.45, 7) is 2.16. The highest BCUT2D eigenvalue weighted by molar-refractivity contribution is 9.10. The number of nitrogens with zero attached hydrogens (tertiary/aromatic N) is 4. The van der Waals surface area contributed by atoms with E-state index in [1.807, 2.05) is 48.7 Å². The Hall–Kier alpha value is -4.55. The fraction of sp³-hybridized carbons (Fsp3) is 0.0882. The summed E-state index contributed by atoms with van der Waals surface area (Å²) in [5.74, 6) is 0. The van der Waals surface area contributed by atoms with Crippen molar-refractivity contribution in [3.8, 4) is 28.2 Å². The molecule has 0 fully saturated rings. The van der Waals surface area contributed by atoms with E-state index < -0.39 is 0 Å². The Bertz CT molecular complexity index is 1870. The fourth-order valence-electron chi connectivity index (χ4n) is 4.89. The number of rotatable bonds is 7. The summed E-state index contributed by atoms with van der Waals surface area (Å²) in [4.78, 5) is 14.1. The quantitative estimate of drug-likeness (QED) is 0.190. The van der Waals surface area contributed by atoms with Crippen LogP contribution in [0.3, 0.4) is 0 Å². The Kier molecular flexibility index (Phi) is 7.25. The van der Waals surface area contributed by atoms with E-state index in [9.17, 15) is 0 Å². The predicted molar refractivity (Wildman–Crippen MR) is 169 cm³/mol. The Morgan fingerprint density at radius 2 is 1.70 bits per heavy atom. The minimum absolute atomic E-state index is 0.616. The molecule has 0 atom stereocenters. The summed E-state index contributed by atoms with van der Waals surface area (Å²) >= 11 is 3.62. The van der Waals surface area contributed by atoms with Gasteiger partial charge in [0.25, 0.3) is 0 Å². The molecule has 4 aromatic heterocycles. The second kappa shape index (κ2) is 11.3. The summed E-state index contributed by atoms with van der Waals surface area (Å²) in [6, 6.07) is 29.0. The van der Waals surface area contributed by atoms with Crippen LogP contribution in [0.25, 0.3) is 55.8 Å². The van der Waals surface area contributed by atoms with Gasteiger partial charge in [-0.3, -0.25) is 9.55 Å². The molecule has 0 unspecified atom stereocenters. The van der Waals surface area contributed by atoms with Crippen LogP contribution in [0.15, 0.2) is 120 Å². The lowest BCUT2D eigenvalue weighted by Gasteiger charge is -2.11. The molecule has 2 aromatic carbocycles. The third-order valence-electron chi connectivity index (χ3n) is 6.86. The van der Waals surface area contributed by atoms with Crippen molar-refractivity contribution in [1.29, 1.82) is 0 Å². The number of allylic oxidation sites excluding steroid dienone is 3. The molecular weight excluding hydrogens is 558 g/mol. The van der Waals surface area contributed by atoms with Crippen LogP contribution in [0.2, 0.25) is 0 Å². The summed E-state index contributed by atoms with van der Waals surface area (Å²) < 4.78 is 3.26. The highest BCUT2D eigenvalue weighted by Crippen LogP contribution is 2.34. The Morgan fingerprint density at radius 3 is 2.50 bits per heavy atom. The lowest BCUT2D eigenvalue weighted by molar-refractivity contribution is 0.959. The molecule has 5 nitrogen and oxygen atoms in total. The maximum atomic E-state index is 6.49. The van der Waals surface area contributed by atoms with Crippen LogP contribution in [0.5, 0.6) is 0 Å². The first kappa shape index (κ1) is 25.7. The monoisotopic (exact) mass is 585 g/mol. The highest BCUT2D eigenvalue weighted by Gasteiger charge is 2.14. The summed E-state index contributed by atoms with van der Waals surface area (Å²) in [5, 5.41) is 2.28. The third kappa shape index (κ3) is 5.06. The van der Waals surface area contributed by atoms with Gasteiger partial charge in [-0.05, 0) is 90.4 Å². The molecule has 6 aromatic rings. The minimum atomic E-state index is 0.616. The molecule has 0 aliphatic heterocycles. The number of unbranched alkanes of at least 4 members (excludes halogenated alkanes) is 1. The standard InChI is InChI=1S/C34H28BrN5/c1-2-3-4-5-10-29(36)31-20-24(21-32(39-31)30-11-6-7-18-37-30)23-12-15-26(16-13-23)40-33-17-14-25(35)22-28(33)27-9-8-19-38-34(27)40/h4-22H,2-3,36H2,1H3/b5-4-,29-10-. The van der Waals surface area contributed by atoms with Gasteiger partial charge in [0.1, 0.15) is 5.65 Å².